The first-order valence-electron chi connectivity index (χ1n) is 13.8. The van der Waals surface area contributed by atoms with E-state index in [9.17, 15) is 0 Å². The molecule has 194 valence electrons. The van der Waals surface area contributed by atoms with Gasteiger partial charge in [-0.25, -0.2) is 4.99 Å². The molecule has 4 nitrogen and oxygen atoms in total. The monoisotopic (exact) mass is 526 g/mol. The molecule has 4 aromatic heterocycles. The number of fused-ring (bicyclic) bond motifs is 11. The maximum absolute atomic E-state index is 5.13. The summed E-state index contributed by atoms with van der Waals surface area (Å²) in [5.74, 6) is 0.770. The summed E-state index contributed by atoms with van der Waals surface area (Å²) in [5.41, 5.74) is 7.65. The normalized spacial score (nSPS) is 12.9. The largest absolute Gasteiger partial charge is 0.309 e. The van der Waals surface area contributed by atoms with Gasteiger partial charge < -0.3 is 4.40 Å². The van der Waals surface area contributed by atoms with Crippen molar-refractivity contribution in [3.63, 3.8) is 0 Å². The molecular weight excluding hydrogens is 500 g/mol. The molecule has 0 atom stereocenters. The van der Waals surface area contributed by atoms with Crippen molar-refractivity contribution in [2.75, 3.05) is 0 Å². The van der Waals surface area contributed by atoms with Gasteiger partial charge in [0.05, 0.1) is 33.3 Å². The number of pyridine rings is 2. The molecular formula is C37H26N4. The van der Waals surface area contributed by atoms with Gasteiger partial charge in [-0.1, -0.05) is 67.3 Å². The van der Waals surface area contributed by atoms with E-state index in [1.54, 1.807) is 6.20 Å². The molecule has 0 aliphatic carbocycles. The van der Waals surface area contributed by atoms with Gasteiger partial charge in [0.15, 0.2) is 0 Å². The fourth-order valence-electron chi connectivity index (χ4n) is 6.33. The van der Waals surface area contributed by atoms with Crippen molar-refractivity contribution >= 4 is 71.4 Å². The van der Waals surface area contributed by atoms with Crippen molar-refractivity contribution < 1.29 is 0 Å². The lowest BCUT2D eigenvalue weighted by molar-refractivity contribution is 1.25. The van der Waals surface area contributed by atoms with Crippen LogP contribution in [0.5, 0.6) is 0 Å². The molecule has 4 heteroatoms. The minimum absolute atomic E-state index is 0.770. The van der Waals surface area contributed by atoms with Gasteiger partial charge in [0, 0.05) is 44.9 Å². The highest BCUT2D eigenvalue weighted by Gasteiger charge is 2.18. The summed E-state index contributed by atoms with van der Waals surface area (Å²) in [6.45, 7) is 6.20. The minimum Gasteiger partial charge on any atom is -0.309 e. The summed E-state index contributed by atoms with van der Waals surface area (Å²) in [6, 6.07) is 36.9. The van der Waals surface area contributed by atoms with Crippen molar-refractivity contribution in [3.05, 3.63) is 140 Å². The zero-order chi connectivity index (χ0) is 27.5. The lowest BCUT2D eigenvalue weighted by Crippen LogP contribution is -2.09. The van der Waals surface area contributed by atoms with Crippen LogP contribution in [0.2, 0.25) is 0 Å². The third-order valence-electron chi connectivity index (χ3n) is 8.11. The fourth-order valence-corrected chi connectivity index (χ4v) is 6.33. The second-order valence-electron chi connectivity index (χ2n) is 10.3. The average molecular weight is 527 g/mol. The second kappa shape index (κ2) is 9.04. The van der Waals surface area contributed by atoms with Crippen LogP contribution >= 0.6 is 0 Å². The predicted octanol–water partition coefficient (Wildman–Crippen LogP) is 9.40. The van der Waals surface area contributed by atoms with Gasteiger partial charge in [0.25, 0.3) is 0 Å². The van der Waals surface area contributed by atoms with E-state index in [1.165, 1.54) is 48.9 Å². The molecule has 4 heterocycles. The van der Waals surface area contributed by atoms with Crippen LogP contribution in [0.3, 0.4) is 0 Å². The number of rotatable bonds is 3. The third kappa shape index (κ3) is 3.41. The molecule has 0 bridgehead atoms. The summed E-state index contributed by atoms with van der Waals surface area (Å²) in [5, 5.41) is 7.28. The molecule has 0 aliphatic rings. The third-order valence-corrected chi connectivity index (χ3v) is 8.11. The SMILES string of the molecule is C=CC(=N/C(=C\C)c1cccnc1)n1c2ccccc2c2cc3c(cc21)c1ccccc1n1c2ccccc2cc31. The van der Waals surface area contributed by atoms with E-state index in [0.717, 1.165) is 28.1 Å². The van der Waals surface area contributed by atoms with Crippen LogP contribution in [0.1, 0.15) is 12.5 Å². The maximum Gasteiger partial charge on any atom is 0.137 e. The van der Waals surface area contributed by atoms with Crippen molar-refractivity contribution in [2.45, 2.75) is 6.92 Å². The average Bonchev–Trinajstić information content (AvgIpc) is 3.58. The summed E-state index contributed by atoms with van der Waals surface area (Å²) < 4.78 is 4.64. The number of benzene rings is 4. The number of allylic oxidation sites excluding steroid dienone is 2. The van der Waals surface area contributed by atoms with E-state index in [-0.39, 0.29) is 0 Å². The van der Waals surface area contributed by atoms with E-state index >= 15 is 0 Å². The highest BCUT2D eigenvalue weighted by molar-refractivity contribution is 6.24. The van der Waals surface area contributed by atoms with E-state index in [1.807, 2.05) is 37.4 Å². The zero-order valence-electron chi connectivity index (χ0n) is 22.6. The fraction of sp³-hybridized carbons (Fsp3) is 0.0270. The van der Waals surface area contributed by atoms with Crippen LogP contribution in [-0.4, -0.2) is 19.8 Å². The standard InChI is InChI=1S/C37H26N4/c1-3-31(25-13-11-19-38-23-25)39-37(4-2)41-34-18-10-7-15-27(34)29-21-30-28(22-36(29)41)26-14-6-9-17-33(26)40-32-16-8-5-12-24(32)20-35(30)40/h3-23H,2H2,1H3/b31-3-,39-37?. The van der Waals surface area contributed by atoms with Gasteiger partial charge in [-0.2, -0.15) is 0 Å². The quantitative estimate of drug-likeness (QED) is 0.128. The van der Waals surface area contributed by atoms with Gasteiger partial charge in [0.2, 0.25) is 0 Å². The molecule has 4 aromatic carbocycles. The molecule has 0 spiro atoms. The summed E-state index contributed by atoms with van der Waals surface area (Å²) in [4.78, 5) is 9.43. The number of aromatic nitrogens is 3. The topological polar surface area (TPSA) is 34.6 Å². The Labute approximate surface area is 236 Å². The van der Waals surface area contributed by atoms with Crippen molar-refractivity contribution in [3.8, 4) is 0 Å². The molecule has 0 amide bonds. The van der Waals surface area contributed by atoms with Crippen LogP contribution in [0, 0.1) is 0 Å². The highest BCUT2D eigenvalue weighted by atomic mass is 15.1. The van der Waals surface area contributed by atoms with Crippen molar-refractivity contribution in [1.29, 1.82) is 0 Å². The Morgan fingerprint density at radius 3 is 2.15 bits per heavy atom. The van der Waals surface area contributed by atoms with Gasteiger partial charge >= 0.3 is 0 Å². The van der Waals surface area contributed by atoms with E-state index in [2.05, 4.69) is 112 Å². The summed E-state index contributed by atoms with van der Waals surface area (Å²) in [6.07, 6.45) is 7.49. The molecule has 8 rings (SSSR count). The Morgan fingerprint density at radius 2 is 1.39 bits per heavy atom. The molecule has 0 saturated carbocycles. The first-order chi connectivity index (χ1) is 20.3. The van der Waals surface area contributed by atoms with E-state index in [0.29, 0.717) is 0 Å². The molecule has 0 fully saturated rings. The molecule has 0 radical (unpaired) electrons. The number of nitrogens with zero attached hydrogens (tertiary/aromatic N) is 4. The summed E-state index contributed by atoms with van der Waals surface area (Å²) in [7, 11) is 0. The van der Waals surface area contributed by atoms with Crippen LogP contribution in [0.25, 0.3) is 65.6 Å². The van der Waals surface area contributed by atoms with Crippen molar-refractivity contribution in [2.24, 2.45) is 4.99 Å². The lowest BCUT2D eigenvalue weighted by Gasteiger charge is -2.13. The van der Waals surface area contributed by atoms with Gasteiger partial charge in [-0.05, 0) is 66.9 Å². The van der Waals surface area contributed by atoms with Crippen molar-refractivity contribution in [1.82, 2.24) is 14.0 Å². The van der Waals surface area contributed by atoms with Gasteiger partial charge in [-0.15, -0.1) is 0 Å². The summed E-state index contributed by atoms with van der Waals surface area (Å²) >= 11 is 0. The smallest absolute Gasteiger partial charge is 0.137 e. The highest BCUT2D eigenvalue weighted by Crippen LogP contribution is 2.39. The van der Waals surface area contributed by atoms with Gasteiger partial charge in [-0.3, -0.25) is 9.55 Å². The minimum atomic E-state index is 0.770. The van der Waals surface area contributed by atoms with E-state index < -0.39 is 0 Å². The predicted molar refractivity (Wildman–Crippen MR) is 174 cm³/mol. The van der Waals surface area contributed by atoms with Crippen LogP contribution in [0.4, 0.5) is 0 Å². The van der Waals surface area contributed by atoms with Crippen LogP contribution in [0.15, 0.2) is 139 Å². The first kappa shape index (κ1) is 23.4. The van der Waals surface area contributed by atoms with E-state index in [4.69, 9.17) is 4.99 Å². The number of hydrogen-bond donors (Lipinski definition) is 0. The zero-order valence-corrected chi connectivity index (χ0v) is 22.6. The number of aliphatic imine (C=N–C) groups is 1. The Balaban J connectivity index is 1.53. The molecule has 0 N–H and O–H groups in total. The molecule has 0 saturated heterocycles. The number of hydrogen-bond acceptors (Lipinski definition) is 2. The molecule has 0 aliphatic heterocycles. The van der Waals surface area contributed by atoms with Gasteiger partial charge in [0.1, 0.15) is 5.84 Å². The van der Waals surface area contributed by atoms with Crippen LogP contribution in [-0.2, 0) is 0 Å². The second-order valence-corrected chi connectivity index (χ2v) is 10.3. The Hall–Kier alpha value is -5.48. The lowest BCUT2D eigenvalue weighted by atomic mass is 10.0. The Kier molecular flexibility index (Phi) is 5.16. The first-order valence-corrected chi connectivity index (χ1v) is 13.8. The Bertz CT molecular complexity index is 2380. The Morgan fingerprint density at radius 1 is 0.683 bits per heavy atom. The molecule has 41 heavy (non-hydrogen) atoms. The number of para-hydroxylation sites is 3. The molecule has 8 aromatic rings. The molecule has 0 unspecified atom stereocenters. The van der Waals surface area contributed by atoms with Crippen LogP contribution < -0.4 is 0 Å². The maximum atomic E-state index is 5.13.